The summed E-state index contributed by atoms with van der Waals surface area (Å²) >= 11 is 0. The summed E-state index contributed by atoms with van der Waals surface area (Å²) in [5.41, 5.74) is 7.30. The molecule has 3 aromatic carbocycles. The molecule has 0 unspecified atom stereocenters. The third-order valence-electron chi connectivity index (χ3n) is 7.19. The fourth-order valence-electron chi connectivity index (χ4n) is 5.05. The number of amides is 3. The van der Waals surface area contributed by atoms with E-state index in [0.717, 1.165) is 25.0 Å². The molecule has 0 saturated heterocycles. The number of hydrogen-bond donors (Lipinski definition) is 4. The molecular formula is C29H29F3N8O2. The molecule has 0 radical (unpaired) electrons. The summed E-state index contributed by atoms with van der Waals surface area (Å²) < 4.78 is 40.1. The van der Waals surface area contributed by atoms with Crippen molar-refractivity contribution in [3.8, 4) is 0 Å². The molecule has 1 aliphatic carbocycles. The van der Waals surface area contributed by atoms with E-state index in [2.05, 4.69) is 31.3 Å². The second kappa shape index (κ2) is 12.3. The number of tetrazole rings is 1. The maximum atomic E-state index is 13.5. The SMILES string of the molecule is Nc1cc(NC(=O)N(Cc2ccc(C(=O)Nc3nn[nH]n3)cc2)c2ccc(C3CCCCC3)cc2)cc(C(F)(F)F)c1. The van der Waals surface area contributed by atoms with Crippen molar-refractivity contribution >= 4 is 34.9 Å². The van der Waals surface area contributed by atoms with Crippen molar-refractivity contribution in [2.45, 2.75) is 50.7 Å². The van der Waals surface area contributed by atoms with E-state index in [9.17, 15) is 22.8 Å². The Morgan fingerprint density at radius 3 is 2.31 bits per heavy atom. The average Bonchev–Trinajstić information content (AvgIpc) is 3.49. The van der Waals surface area contributed by atoms with Gasteiger partial charge in [0.1, 0.15) is 0 Å². The highest BCUT2D eigenvalue weighted by Crippen LogP contribution is 2.35. The molecule has 1 aromatic heterocycles. The third-order valence-corrected chi connectivity index (χ3v) is 7.19. The zero-order valence-electron chi connectivity index (χ0n) is 22.5. The topological polar surface area (TPSA) is 142 Å². The molecule has 1 aliphatic rings. The first kappa shape index (κ1) is 28.6. The van der Waals surface area contributed by atoms with Crippen LogP contribution in [0.15, 0.2) is 66.7 Å². The summed E-state index contributed by atoms with van der Waals surface area (Å²) in [6, 6.07) is 16.5. The smallest absolute Gasteiger partial charge is 0.399 e. The molecule has 1 saturated carbocycles. The van der Waals surface area contributed by atoms with Gasteiger partial charge in [0, 0.05) is 22.6 Å². The van der Waals surface area contributed by atoms with Crippen molar-refractivity contribution in [3.63, 3.8) is 0 Å². The van der Waals surface area contributed by atoms with Crippen molar-refractivity contribution in [2.75, 3.05) is 21.3 Å². The van der Waals surface area contributed by atoms with Crippen molar-refractivity contribution in [3.05, 3.63) is 89.0 Å². The summed E-state index contributed by atoms with van der Waals surface area (Å²) in [6.07, 6.45) is 1.22. The number of anilines is 4. The largest absolute Gasteiger partial charge is 0.416 e. The van der Waals surface area contributed by atoms with E-state index in [0.29, 0.717) is 22.7 Å². The van der Waals surface area contributed by atoms with Crippen LogP contribution >= 0.6 is 0 Å². The summed E-state index contributed by atoms with van der Waals surface area (Å²) in [6.45, 7) is 0.0792. The standard InChI is InChI=1S/C29H29F3N8O2/c30-29(31,32)22-14-23(33)16-24(15-22)34-28(42)40(25-12-10-20(11-13-25)19-4-2-1-3-5-19)17-18-6-8-21(9-7-18)26(41)35-27-36-38-39-37-27/h6-16,19H,1-5,17,33H2,(H,34,42)(H2,35,36,37,38,39,41). The number of carbonyl (C=O) groups is 2. The van der Waals surface area contributed by atoms with Gasteiger partial charge in [0.25, 0.3) is 11.9 Å². The summed E-state index contributed by atoms with van der Waals surface area (Å²) in [5, 5.41) is 18.1. The minimum Gasteiger partial charge on any atom is -0.399 e. The number of hydrogen-bond acceptors (Lipinski definition) is 6. The van der Waals surface area contributed by atoms with Crippen LogP contribution in [0, 0.1) is 0 Å². The van der Waals surface area contributed by atoms with Crippen molar-refractivity contribution < 1.29 is 22.8 Å². The van der Waals surface area contributed by atoms with Gasteiger partial charge in [-0.15, -0.1) is 5.10 Å². The number of nitrogens with zero attached hydrogens (tertiary/aromatic N) is 4. The quantitative estimate of drug-likeness (QED) is 0.189. The van der Waals surface area contributed by atoms with Gasteiger partial charge in [-0.2, -0.15) is 18.4 Å². The van der Waals surface area contributed by atoms with Gasteiger partial charge < -0.3 is 11.1 Å². The first-order valence-electron chi connectivity index (χ1n) is 13.5. The van der Waals surface area contributed by atoms with E-state index in [4.69, 9.17) is 5.73 Å². The Hall–Kier alpha value is -4.94. The van der Waals surface area contributed by atoms with E-state index in [1.54, 1.807) is 24.3 Å². The van der Waals surface area contributed by atoms with Crippen LogP contribution < -0.4 is 21.3 Å². The number of alkyl halides is 3. The first-order valence-corrected chi connectivity index (χ1v) is 13.5. The Labute approximate surface area is 239 Å². The lowest BCUT2D eigenvalue weighted by molar-refractivity contribution is -0.137. The molecule has 0 aliphatic heterocycles. The molecule has 42 heavy (non-hydrogen) atoms. The number of benzene rings is 3. The number of aromatic nitrogens is 4. The van der Waals surface area contributed by atoms with Gasteiger partial charge in [-0.25, -0.2) is 4.79 Å². The number of rotatable bonds is 7. The number of H-pyrrole nitrogens is 1. The predicted octanol–water partition coefficient (Wildman–Crippen LogP) is 6.34. The maximum absolute atomic E-state index is 13.5. The molecule has 0 bridgehead atoms. The van der Waals surface area contributed by atoms with Crippen LogP contribution in [0.3, 0.4) is 0 Å². The molecule has 3 amide bonds. The molecule has 5 N–H and O–H groups in total. The normalized spacial score (nSPS) is 13.9. The summed E-state index contributed by atoms with van der Waals surface area (Å²) in [4.78, 5) is 27.4. The maximum Gasteiger partial charge on any atom is 0.416 e. The Morgan fingerprint density at radius 1 is 0.952 bits per heavy atom. The van der Waals surface area contributed by atoms with Gasteiger partial charge in [-0.1, -0.05) is 48.6 Å². The molecule has 0 atom stereocenters. The minimum absolute atomic E-state index is 0.0267. The number of nitrogen functional groups attached to an aromatic ring is 1. The van der Waals surface area contributed by atoms with Gasteiger partial charge in [0.2, 0.25) is 0 Å². The molecule has 5 rings (SSSR count). The summed E-state index contributed by atoms with van der Waals surface area (Å²) in [7, 11) is 0. The number of carbonyl (C=O) groups excluding carboxylic acids is 2. The molecule has 1 fully saturated rings. The van der Waals surface area contributed by atoms with Crippen LogP contribution in [0.1, 0.15) is 65.1 Å². The number of nitrogens with two attached hydrogens (primary N) is 1. The Morgan fingerprint density at radius 2 is 1.67 bits per heavy atom. The van der Waals surface area contributed by atoms with Crippen molar-refractivity contribution in [1.82, 2.24) is 20.6 Å². The van der Waals surface area contributed by atoms with Gasteiger partial charge in [-0.3, -0.25) is 15.0 Å². The van der Waals surface area contributed by atoms with Crippen LogP contribution in [0.25, 0.3) is 0 Å². The monoisotopic (exact) mass is 578 g/mol. The molecule has 1 heterocycles. The van der Waals surface area contributed by atoms with Gasteiger partial charge in [0.15, 0.2) is 0 Å². The lowest BCUT2D eigenvalue weighted by Crippen LogP contribution is -2.34. The Balaban J connectivity index is 1.38. The average molecular weight is 579 g/mol. The zero-order valence-corrected chi connectivity index (χ0v) is 22.5. The number of aromatic amines is 1. The van der Waals surface area contributed by atoms with Crippen LogP contribution in [-0.4, -0.2) is 32.6 Å². The number of urea groups is 1. The Bertz CT molecular complexity index is 1520. The molecule has 4 aromatic rings. The highest BCUT2D eigenvalue weighted by molar-refractivity contribution is 6.03. The number of nitrogens with one attached hydrogen (secondary N) is 3. The minimum atomic E-state index is -4.62. The van der Waals surface area contributed by atoms with E-state index in [1.807, 2.05) is 24.3 Å². The van der Waals surface area contributed by atoms with Crippen LogP contribution in [0.5, 0.6) is 0 Å². The first-order chi connectivity index (χ1) is 20.2. The van der Waals surface area contributed by atoms with Gasteiger partial charge in [0.05, 0.1) is 12.1 Å². The Kier molecular flexibility index (Phi) is 8.36. The lowest BCUT2D eigenvalue weighted by Gasteiger charge is -2.26. The van der Waals surface area contributed by atoms with Gasteiger partial charge in [-0.05, 0) is 77.6 Å². The molecule has 218 valence electrons. The molecule has 10 nitrogen and oxygen atoms in total. The van der Waals surface area contributed by atoms with Gasteiger partial charge >= 0.3 is 12.2 Å². The van der Waals surface area contributed by atoms with E-state index in [-0.39, 0.29) is 23.9 Å². The molecule has 13 heteroatoms. The van der Waals surface area contributed by atoms with E-state index in [1.165, 1.54) is 35.8 Å². The fourth-order valence-corrected chi connectivity index (χ4v) is 5.05. The van der Waals surface area contributed by atoms with E-state index >= 15 is 0 Å². The second-order valence-corrected chi connectivity index (χ2v) is 10.2. The highest BCUT2D eigenvalue weighted by Gasteiger charge is 2.31. The molecular weight excluding hydrogens is 549 g/mol. The lowest BCUT2D eigenvalue weighted by atomic mass is 9.84. The predicted molar refractivity (Wildman–Crippen MR) is 152 cm³/mol. The second-order valence-electron chi connectivity index (χ2n) is 10.2. The van der Waals surface area contributed by atoms with Crippen LogP contribution in [0.4, 0.5) is 41.0 Å². The van der Waals surface area contributed by atoms with Crippen LogP contribution in [-0.2, 0) is 12.7 Å². The molecule has 0 spiro atoms. The highest BCUT2D eigenvalue weighted by atomic mass is 19.4. The van der Waals surface area contributed by atoms with Crippen molar-refractivity contribution in [1.29, 1.82) is 0 Å². The zero-order chi connectivity index (χ0) is 29.7. The van der Waals surface area contributed by atoms with Crippen LogP contribution in [0.2, 0.25) is 0 Å². The fraction of sp³-hybridized carbons (Fsp3) is 0.276. The van der Waals surface area contributed by atoms with Crippen molar-refractivity contribution in [2.24, 2.45) is 0 Å². The number of halogens is 3. The van der Waals surface area contributed by atoms with E-state index < -0.39 is 23.7 Å². The third kappa shape index (κ3) is 7.03. The summed E-state index contributed by atoms with van der Waals surface area (Å²) in [5.74, 6) is 0.0473.